The zero-order chi connectivity index (χ0) is 28.0. The summed E-state index contributed by atoms with van der Waals surface area (Å²) in [5, 5.41) is 5.44. The molecule has 1 heterocycles. The van der Waals surface area contributed by atoms with Gasteiger partial charge in [0.05, 0.1) is 6.04 Å². The van der Waals surface area contributed by atoms with Crippen molar-refractivity contribution in [1.82, 2.24) is 15.5 Å². The number of nitrogens with zero attached hydrogens (tertiary/aromatic N) is 1. The van der Waals surface area contributed by atoms with Crippen LogP contribution in [0.2, 0.25) is 0 Å². The van der Waals surface area contributed by atoms with Gasteiger partial charge in [0, 0.05) is 18.4 Å². The van der Waals surface area contributed by atoms with E-state index in [0.29, 0.717) is 6.42 Å². The SMILES string of the molecule is CC(C)(C)OC(=O)N[C@H](C(=O)N1C[C@H]2[C@@H]([C@H]1C(=O)N[C@@H](CC1CC1)C(=O)C(N)=O)C2(Cl)Cl)C1CCCCC1. The highest BCUT2D eigenvalue weighted by molar-refractivity contribution is 6.51. The van der Waals surface area contributed by atoms with Crippen LogP contribution >= 0.6 is 23.2 Å². The third-order valence-corrected chi connectivity index (χ3v) is 9.15. The number of likely N-dealkylation sites (tertiary alicyclic amines) is 1. The first-order chi connectivity index (χ1) is 17.7. The Morgan fingerprint density at radius 2 is 1.66 bits per heavy atom. The van der Waals surface area contributed by atoms with Crippen LogP contribution in [-0.4, -0.2) is 69.1 Å². The highest BCUT2D eigenvalue weighted by Gasteiger charge is 2.74. The molecule has 1 saturated heterocycles. The van der Waals surface area contributed by atoms with Gasteiger partial charge in [-0.15, -0.1) is 23.2 Å². The van der Waals surface area contributed by atoms with E-state index in [2.05, 4.69) is 10.6 Å². The van der Waals surface area contributed by atoms with Crippen LogP contribution in [-0.2, 0) is 23.9 Å². The van der Waals surface area contributed by atoms with Gasteiger partial charge in [-0.05, 0) is 51.9 Å². The number of nitrogens with one attached hydrogen (secondary N) is 2. The predicted octanol–water partition coefficient (Wildman–Crippen LogP) is 2.43. The molecule has 10 nitrogen and oxygen atoms in total. The Bertz CT molecular complexity index is 989. The molecule has 212 valence electrons. The highest BCUT2D eigenvalue weighted by atomic mass is 35.5. The minimum atomic E-state index is -1.18. The molecular weight excluding hydrogens is 535 g/mol. The van der Waals surface area contributed by atoms with Crippen LogP contribution in [0.15, 0.2) is 0 Å². The standard InChI is InChI=1S/C26H38Cl2N4O6/c1-25(2,3)38-24(37)31-18(14-7-5-4-6-8-14)23(36)32-12-15-17(26(15,27)28)19(32)22(35)30-16(11-13-9-10-13)20(33)21(29)34/h13-19H,4-12H2,1-3H3,(H2,29,34)(H,30,35)(H,31,37)/t15-,16-,17-,18-,19-/m0/s1. The number of alkyl carbamates (subject to hydrolysis) is 1. The lowest BCUT2D eigenvalue weighted by Gasteiger charge is -2.36. The van der Waals surface area contributed by atoms with E-state index in [-0.39, 0.29) is 24.3 Å². The first-order valence-corrected chi connectivity index (χ1v) is 14.3. The molecule has 4 amide bonds. The quantitative estimate of drug-likeness (QED) is 0.285. The Morgan fingerprint density at radius 1 is 1.03 bits per heavy atom. The molecule has 4 fully saturated rings. The number of Topliss-reactive ketones (excluding diaryl/α,β-unsaturated/α-hetero) is 1. The van der Waals surface area contributed by atoms with Gasteiger partial charge in [-0.25, -0.2) is 4.79 Å². The lowest BCUT2D eigenvalue weighted by atomic mass is 9.83. The van der Waals surface area contributed by atoms with Crippen LogP contribution in [0.25, 0.3) is 0 Å². The number of ketones is 1. The fourth-order valence-electron chi connectivity index (χ4n) is 5.94. The molecule has 1 aliphatic heterocycles. The number of primary amides is 1. The van der Waals surface area contributed by atoms with Crippen molar-refractivity contribution >= 4 is 52.8 Å². The molecule has 12 heteroatoms. The van der Waals surface area contributed by atoms with Crippen LogP contribution < -0.4 is 16.4 Å². The summed E-state index contributed by atoms with van der Waals surface area (Å²) in [4.78, 5) is 65.8. The summed E-state index contributed by atoms with van der Waals surface area (Å²) in [6.07, 6.45) is 5.86. The Labute approximate surface area is 233 Å². The van der Waals surface area contributed by atoms with Crippen molar-refractivity contribution in [3.63, 3.8) is 0 Å². The van der Waals surface area contributed by atoms with Gasteiger partial charge in [-0.3, -0.25) is 19.2 Å². The molecule has 0 unspecified atom stereocenters. The zero-order valence-electron chi connectivity index (χ0n) is 22.1. The number of hydrogen-bond donors (Lipinski definition) is 3. The summed E-state index contributed by atoms with van der Waals surface area (Å²) in [5.74, 6) is -3.74. The highest BCUT2D eigenvalue weighted by Crippen LogP contribution is 2.65. The number of hydrogen-bond acceptors (Lipinski definition) is 6. The molecule has 4 aliphatic rings. The monoisotopic (exact) mass is 572 g/mol. The van der Waals surface area contributed by atoms with Crippen molar-refractivity contribution in [3.8, 4) is 0 Å². The number of fused-ring (bicyclic) bond motifs is 1. The van der Waals surface area contributed by atoms with E-state index in [1.165, 1.54) is 4.90 Å². The minimum Gasteiger partial charge on any atom is -0.444 e. The second-order valence-electron chi connectivity index (χ2n) is 12.2. The third kappa shape index (κ3) is 6.38. The normalized spacial score (nSPS) is 28.0. The van der Waals surface area contributed by atoms with Gasteiger partial charge in [-0.1, -0.05) is 32.1 Å². The molecule has 0 bridgehead atoms. The number of amides is 4. The molecular formula is C26H38Cl2N4O6. The van der Waals surface area contributed by atoms with Crippen molar-refractivity contribution in [1.29, 1.82) is 0 Å². The maximum absolute atomic E-state index is 14.0. The number of nitrogens with two attached hydrogens (primary N) is 1. The molecule has 0 spiro atoms. The number of piperidine rings is 1. The van der Waals surface area contributed by atoms with E-state index in [4.69, 9.17) is 33.7 Å². The van der Waals surface area contributed by atoms with Gasteiger partial charge in [0.15, 0.2) is 0 Å². The van der Waals surface area contributed by atoms with Crippen LogP contribution in [0, 0.1) is 23.7 Å². The first-order valence-electron chi connectivity index (χ1n) is 13.5. The van der Waals surface area contributed by atoms with Gasteiger partial charge in [0.2, 0.25) is 17.6 Å². The Hall–Kier alpha value is -2.07. The second-order valence-corrected chi connectivity index (χ2v) is 13.7. The van der Waals surface area contributed by atoms with E-state index in [1.54, 1.807) is 20.8 Å². The first kappa shape index (κ1) is 28.9. The van der Waals surface area contributed by atoms with Crippen LogP contribution in [0.3, 0.4) is 0 Å². The van der Waals surface area contributed by atoms with Crippen molar-refractivity contribution < 1.29 is 28.7 Å². The molecule has 3 saturated carbocycles. The summed E-state index contributed by atoms with van der Waals surface area (Å²) in [7, 11) is 0. The predicted molar refractivity (Wildman–Crippen MR) is 140 cm³/mol. The Kier molecular flexibility index (Phi) is 8.25. The van der Waals surface area contributed by atoms with Crippen LogP contribution in [0.1, 0.15) is 72.1 Å². The van der Waals surface area contributed by atoms with Gasteiger partial charge < -0.3 is 26.0 Å². The molecule has 0 aromatic rings. The topological polar surface area (TPSA) is 148 Å². The summed E-state index contributed by atoms with van der Waals surface area (Å²) >= 11 is 12.9. The van der Waals surface area contributed by atoms with E-state index < -0.39 is 63.6 Å². The number of alkyl halides is 2. The summed E-state index contributed by atoms with van der Waals surface area (Å²) in [6, 6.07) is -3.00. The van der Waals surface area contributed by atoms with Crippen molar-refractivity contribution in [2.24, 2.45) is 29.4 Å². The van der Waals surface area contributed by atoms with Gasteiger partial charge in [0.25, 0.3) is 5.91 Å². The van der Waals surface area contributed by atoms with Crippen molar-refractivity contribution in [3.05, 3.63) is 0 Å². The van der Waals surface area contributed by atoms with E-state index in [9.17, 15) is 24.0 Å². The second kappa shape index (κ2) is 10.8. The van der Waals surface area contributed by atoms with Crippen LogP contribution in [0.5, 0.6) is 0 Å². The number of halogens is 2. The molecule has 3 aliphatic carbocycles. The van der Waals surface area contributed by atoms with Gasteiger partial charge >= 0.3 is 6.09 Å². The lowest BCUT2D eigenvalue weighted by molar-refractivity contribution is -0.144. The lowest BCUT2D eigenvalue weighted by Crippen LogP contribution is -2.60. The maximum Gasteiger partial charge on any atom is 0.408 e. The fourth-order valence-corrected chi connectivity index (χ4v) is 6.77. The Morgan fingerprint density at radius 3 is 2.21 bits per heavy atom. The zero-order valence-corrected chi connectivity index (χ0v) is 23.6. The molecule has 0 aromatic heterocycles. The Balaban J connectivity index is 1.55. The number of rotatable bonds is 9. The molecule has 0 aromatic carbocycles. The average molecular weight is 574 g/mol. The maximum atomic E-state index is 14.0. The largest absolute Gasteiger partial charge is 0.444 e. The smallest absolute Gasteiger partial charge is 0.408 e. The van der Waals surface area contributed by atoms with Crippen molar-refractivity contribution in [2.75, 3.05) is 6.54 Å². The number of carbonyl (C=O) groups is 5. The van der Waals surface area contributed by atoms with E-state index in [1.807, 2.05) is 0 Å². The molecule has 4 rings (SSSR count). The number of carbonyl (C=O) groups excluding carboxylic acids is 5. The van der Waals surface area contributed by atoms with Crippen LogP contribution in [0.4, 0.5) is 4.79 Å². The minimum absolute atomic E-state index is 0.111. The molecule has 4 N–H and O–H groups in total. The van der Waals surface area contributed by atoms with E-state index >= 15 is 0 Å². The molecule has 0 radical (unpaired) electrons. The van der Waals surface area contributed by atoms with Gasteiger partial charge in [0.1, 0.15) is 22.0 Å². The van der Waals surface area contributed by atoms with Gasteiger partial charge in [-0.2, -0.15) is 0 Å². The van der Waals surface area contributed by atoms with Crippen molar-refractivity contribution in [2.45, 2.75) is 100 Å². The van der Waals surface area contributed by atoms with E-state index in [0.717, 1.165) is 44.9 Å². The third-order valence-electron chi connectivity index (χ3n) is 8.09. The average Bonchev–Trinajstić information content (AvgIpc) is 3.68. The molecule has 5 atom stereocenters. The summed E-state index contributed by atoms with van der Waals surface area (Å²) in [6.45, 7) is 5.36. The fraction of sp³-hybridized carbons (Fsp3) is 0.808. The molecule has 38 heavy (non-hydrogen) atoms. The summed E-state index contributed by atoms with van der Waals surface area (Å²) < 4.78 is 4.25. The number of ether oxygens (including phenoxy) is 1. The summed E-state index contributed by atoms with van der Waals surface area (Å²) in [5.41, 5.74) is 4.48.